The summed E-state index contributed by atoms with van der Waals surface area (Å²) in [6.45, 7) is 4.01. The molecule has 0 amide bonds. The molecule has 2 heterocycles. The number of rotatable bonds is 4. The molecule has 1 aromatic carbocycles. The van der Waals surface area contributed by atoms with E-state index in [0.29, 0.717) is 0 Å². The quantitative estimate of drug-likeness (QED) is 0.884. The maximum absolute atomic E-state index is 5.25. The van der Waals surface area contributed by atoms with E-state index in [1.807, 2.05) is 18.2 Å². The van der Waals surface area contributed by atoms with Crippen LogP contribution in [-0.4, -0.2) is 48.5 Å². The standard InChI is InChI=1S/C15H21N5O/c1-21-13-5-2-4-12(10-13)11-14-17-15(19-18-14)20-8-3-6-16-7-9-20/h2,4-5,10,16H,3,6-9,11H2,1H3,(H,17,18,19). The molecule has 2 aromatic rings. The smallest absolute Gasteiger partial charge is 0.244 e. The summed E-state index contributed by atoms with van der Waals surface area (Å²) in [5.41, 5.74) is 1.16. The first-order valence-electron chi connectivity index (χ1n) is 7.35. The fourth-order valence-electron chi connectivity index (χ4n) is 2.53. The number of aromatic nitrogens is 3. The number of nitrogens with zero attached hydrogens (tertiary/aromatic N) is 3. The zero-order chi connectivity index (χ0) is 14.5. The van der Waals surface area contributed by atoms with Crippen LogP contribution in [0.25, 0.3) is 0 Å². The van der Waals surface area contributed by atoms with E-state index in [1.165, 1.54) is 0 Å². The van der Waals surface area contributed by atoms with Crippen molar-refractivity contribution < 1.29 is 4.74 Å². The Morgan fingerprint density at radius 3 is 3.14 bits per heavy atom. The van der Waals surface area contributed by atoms with Crippen molar-refractivity contribution in [2.75, 3.05) is 38.2 Å². The number of hydrogen-bond acceptors (Lipinski definition) is 5. The van der Waals surface area contributed by atoms with Gasteiger partial charge in [-0.1, -0.05) is 12.1 Å². The summed E-state index contributed by atoms with van der Waals surface area (Å²) < 4.78 is 5.25. The first-order valence-corrected chi connectivity index (χ1v) is 7.35. The average molecular weight is 287 g/mol. The van der Waals surface area contributed by atoms with Gasteiger partial charge in [0.25, 0.3) is 0 Å². The molecule has 1 aromatic heterocycles. The van der Waals surface area contributed by atoms with Crippen LogP contribution in [0, 0.1) is 0 Å². The van der Waals surface area contributed by atoms with Gasteiger partial charge in [0.05, 0.1) is 7.11 Å². The summed E-state index contributed by atoms with van der Waals surface area (Å²) in [5.74, 6) is 2.55. The third-order valence-corrected chi connectivity index (χ3v) is 3.65. The normalized spacial score (nSPS) is 15.8. The van der Waals surface area contributed by atoms with E-state index in [-0.39, 0.29) is 0 Å². The highest BCUT2D eigenvalue weighted by Crippen LogP contribution is 2.16. The van der Waals surface area contributed by atoms with Crippen molar-refractivity contribution in [3.05, 3.63) is 35.7 Å². The lowest BCUT2D eigenvalue weighted by atomic mass is 10.1. The third-order valence-electron chi connectivity index (χ3n) is 3.65. The van der Waals surface area contributed by atoms with Crippen LogP contribution in [0.3, 0.4) is 0 Å². The Labute approximate surface area is 124 Å². The van der Waals surface area contributed by atoms with Crippen molar-refractivity contribution in [2.45, 2.75) is 12.8 Å². The summed E-state index contributed by atoms with van der Waals surface area (Å²) in [5, 5.41) is 10.8. The molecule has 0 atom stereocenters. The Hall–Kier alpha value is -2.08. The first kappa shape index (κ1) is 13.9. The lowest BCUT2D eigenvalue weighted by molar-refractivity contribution is 0.414. The minimum Gasteiger partial charge on any atom is -0.497 e. The lowest BCUT2D eigenvalue weighted by Gasteiger charge is -2.16. The molecule has 6 heteroatoms. The largest absolute Gasteiger partial charge is 0.497 e. The molecular weight excluding hydrogens is 266 g/mol. The molecule has 0 aliphatic carbocycles. The van der Waals surface area contributed by atoms with Crippen molar-refractivity contribution >= 4 is 5.95 Å². The van der Waals surface area contributed by atoms with E-state index in [9.17, 15) is 0 Å². The van der Waals surface area contributed by atoms with E-state index in [2.05, 4.69) is 31.5 Å². The molecule has 0 radical (unpaired) electrons. The van der Waals surface area contributed by atoms with Gasteiger partial charge in [-0.15, -0.1) is 5.10 Å². The molecule has 1 aliphatic heterocycles. The highest BCUT2D eigenvalue weighted by Gasteiger charge is 2.14. The summed E-state index contributed by atoms with van der Waals surface area (Å²) >= 11 is 0. The van der Waals surface area contributed by atoms with Crippen LogP contribution in [0.2, 0.25) is 0 Å². The van der Waals surface area contributed by atoms with E-state index < -0.39 is 0 Å². The fraction of sp³-hybridized carbons (Fsp3) is 0.467. The number of aromatic amines is 1. The number of benzene rings is 1. The summed E-state index contributed by atoms with van der Waals surface area (Å²) in [6.07, 6.45) is 1.86. The predicted molar refractivity (Wildman–Crippen MR) is 81.9 cm³/mol. The minimum absolute atomic E-state index is 0.732. The van der Waals surface area contributed by atoms with Crippen LogP contribution in [0.15, 0.2) is 24.3 Å². The van der Waals surface area contributed by atoms with E-state index in [1.54, 1.807) is 7.11 Å². The van der Waals surface area contributed by atoms with Crippen molar-refractivity contribution in [3.8, 4) is 5.75 Å². The maximum atomic E-state index is 5.25. The number of methoxy groups -OCH3 is 1. The molecule has 21 heavy (non-hydrogen) atoms. The number of anilines is 1. The zero-order valence-corrected chi connectivity index (χ0v) is 12.3. The van der Waals surface area contributed by atoms with Gasteiger partial charge in [-0.25, -0.2) is 0 Å². The Kier molecular flexibility index (Phi) is 4.35. The van der Waals surface area contributed by atoms with Gasteiger partial charge in [0.15, 0.2) is 0 Å². The summed E-state index contributed by atoms with van der Waals surface area (Å²) in [7, 11) is 1.68. The van der Waals surface area contributed by atoms with E-state index in [0.717, 1.165) is 62.1 Å². The third kappa shape index (κ3) is 3.52. The van der Waals surface area contributed by atoms with E-state index >= 15 is 0 Å². The van der Waals surface area contributed by atoms with Crippen molar-refractivity contribution in [1.29, 1.82) is 0 Å². The van der Waals surface area contributed by atoms with Crippen molar-refractivity contribution in [2.24, 2.45) is 0 Å². The molecule has 0 unspecified atom stereocenters. The lowest BCUT2D eigenvalue weighted by Crippen LogP contribution is -2.28. The van der Waals surface area contributed by atoms with Crippen molar-refractivity contribution in [1.82, 2.24) is 20.5 Å². The second-order valence-corrected chi connectivity index (χ2v) is 5.20. The Morgan fingerprint density at radius 1 is 1.29 bits per heavy atom. The predicted octanol–water partition coefficient (Wildman–Crippen LogP) is 1.20. The molecule has 1 aliphatic rings. The highest BCUT2D eigenvalue weighted by molar-refractivity contribution is 5.33. The molecule has 3 rings (SSSR count). The molecule has 0 bridgehead atoms. The fourth-order valence-corrected chi connectivity index (χ4v) is 2.53. The molecule has 0 saturated carbocycles. The van der Waals surface area contributed by atoms with Crippen LogP contribution in [0.4, 0.5) is 5.95 Å². The molecule has 112 valence electrons. The van der Waals surface area contributed by atoms with Gasteiger partial charge in [0.2, 0.25) is 5.95 Å². The molecule has 6 nitrogen and oxygen atoms in total. The van der Waals surface area contributed by atoms with Gasteiger partial charge in [-0.3, -0.25) is 5.10 Å². The van der Waals surface area contributed by atoms with Gasteiger partial charge < -0.3 is 15.0 Å². The molecule has 0 spiro atoms. The molecule has 1 fully saturated rings. The number of ether oxygens (including phenoxy) is 1. The molecule has 2 N–H and O–H groups in total. The van der Waals surface area contributed by atoms with Gasteiger partial charge in [-0.05, 0) is 30.7 Å². The maximum Gasteiger partial charge on any atom is 0.244 e. The second kappa shape index (κ2) is 6.58. The topological polar surface area (TPSA) is 66.1 Å². The van der Waals surface area contributed by atoms with Crippen molar-refractivity contribution in [3.63, 3.8) is 0 Å². The van der Waals surface area contributed by atoms with Crippen LogP contribution < -0.4 is 15.0 Å². The minimum atomic E-state index is 0.732. The van der Waals surface area contributed by atoms with Crippen LogP contribution in [0.5, 0.6) is 5.75 Å². The molecular formula is C15H21N5O. The Bertz CT molecular complexity index is 575. The van der Waals surface area contributed by atoms with E-state index in [4.69, 9.17) is 4.74 Å². The number of hydrogen-bond donors (Lipinski definition) is 2. The monoisotopic (exact) mass is 287 g/mol. The summed E-state index contributed by atoms with van der Waals surface area (Å²) in [6, 6.07) is 8.03. The van der Waals surface area contributed by atoms with Gasteiger partial charge >= 0.3 is 0 Å². The first-order chi connectivity index (χ1) is 10.3. The zero-order valence-electron chi connectivity index (χ0n) is 12.3. The number of H-pyrrole nitrogens is 1. The number of nitrogens with one attached hydrogen (secondary N) is 2. The van der Waals surface area contributed by atoms with Gasteiger partial charge in [-0.2, -0.15) is 4.98 Å². The van der Waals surface area contributed by atoms with Crippen LogP contribution >= 0.6 is 0 Å². The Balaban J connectivity index is 1.69. The Morgan fingerprint density at radius 2 is 2.24 bits per heavy atom. The average Bonchev–Trinajstić information content (AvgIpc) is 2.81. The second-order valence-electron chi connectivity index (χ2n) is 5.20. The summed E-state index contributed by atoms with van der Waals surface area (Å²) in [4.78, 5) is 6.84. The highest BCUT2D eigenvalue weighted by atomic mass is 16.5. The van der Waals surface area contributed by atoms with Gasteiger partial charge in [0, 0.05) is 26.1 Å². The van der Waals surface area contributed by atoms with Gasteiger partial charge in [0.1, 0.15) is 11.6 Å². The SMILES string of the molecule is COc1cccc(Cc2nc(N3CCCNCC3)n[nH]2)c1. The molecule has 1 saturated heterocycles. The van der Waals surface area contributed by atoms with Crippen LogP contribution in [0.1, 0.15) is 17.8 Å². The van der Waals surface area contributed by atoms with Crippen LogP contribution in [-0.2, 0) is 6.42 Å².